The van der Waals surface area contributed by atoms with E-state index in [4.69, 9.17) is 21.1 Å². The second-order valence-corrected chi connectivity index (χ2v) is 6.59. The van der Waals surface area contributed by atoms with Gasteiger partial charge in [-0.25, -0.2) is 4.79 Å². The van der Waals surface area contributed by atoms with E-state index < -0.39 is 5.97 Å². The first-order valence-electron chi connectivity index (χ1n) is 8.30. The van der Waals surface area contributed by atoms with Crippen LogP contribution in [0.3, 0.4) is 0 Å². The molecule has 1 saturated carbocycles. The molecule has 0 atom stereocenters. The summed E-state index contributed by atoms with van der Waals surface area (Å²) in [7, 11) is 0. The minimum Gasteiger partial charge on any atom is -0.488 e. The number of aryl methyl sites for hydroxylation is 3. The van der Waals surface area contributed by atoms with Crippen molar-refractivity contribution in [2.45, 2.75) is 46.1 Å². The summed E-state index contributed by atoms with van der Waals surface area (Å²) < 4.78 is 11.4. The number of hydrogen-bond donors (Lipinski definition) is 1. The van der Waals surface area contributed by atoms with Crippen LogP contribution in [0, 0.1) is 13.8 Å². The molecule has 1 fully saturated rings. The Morgan fingerprint density at radius 3 is 2.64 bits per heavy atom. The van der Waals surface area contributed by atoms with Crippen LogP contribution < -0.4 is 9.47 Å². The van der Waals surface area contributed by atoms with Crippen LogP contribution in [0.2, 0.25) is 5.02 Å². The number of benzene rings is 1. The van der Waals surface area contributed by atoms with Crippen LogP contribution in [0.5, 0.6) is 11.5 Å². The number of rotatable bonds is 6. The van der Waals surface area contributed by atoms with Gasteiger partial charge in [-0.05, 0) is 44.7 Å². The topological polar surface area (TPSA) is 68.4 Å². The predicted octanol–water partition coefficient (Wildman–Crippen LogP) is 4.42. The highest BCUT2D eigenvalue weighted by Crippen LogP contribution is 2.41. The quantitative estimate of drug-likeness (QED) is 0.469. The van der Waals surface area contributed by atoms with Crippen LogP contribution >= 0.6 is 11.6 Å². The molecule has 1 N–H and O–H groups in total. The Bertz CT molecular complexity index is 836. The van der Waals surface area contributed by atoms with Crippen molar-refractivity contribution in [2.75, 3.05) is 0 Å². The van der Waals surface area contributed by atoms with E-state index in [2.05, 4.69) is 4.98 Å². The van der Waals surface area contributed by atoms with E-state index in [0.717, 1.165) is 24.8 Å². The summed E-state index contributed by atoms with van der Waals surface area (Å²) in [4.78, 5) is 26.8. The lowest BCUT2D eigenvalue weighted by Gasteiger charge is -2.15. The Morgan fingerprint density at radius 2 is 2.04 bits per heavy atom. The summed E-state index contributed by atoms with van der Waals surface area (Å²) in [6, 6.07) is 3.51. The van der Waals surface area contributed by atoms with E-state index in [0.29, 0.717) is 29.0 Å². The SMILES string of the molecule is CCc1ccc(OC(=O)c2c(C)[nH]c(C)c2C=O)c(Cl)c1OC1CC1. The molecule has 5 nitrogen and oxygen atoms in total. The number of ether oxygens (including phenoxy) is 2. The predicted molar refractivity (Wildman–Crippen MR) is 95.1 cm³/mol. The maximum absolute atomic E-state index is 12.6. The zero-order valence-corrected chi connectivity index (χ0v) is 15.2. The highest BCUT2D eigenvalue weighted by molar-refractivity contribution is 6.33. The van der Waals surface area contributed by atoms with Gasteiger partial charge in [0.2, 0.25) is 0 Å². The van der Waals surface area contributed by atoms with Gasteiger partial charge in [-0.1, -0.05) is 24.6 Å². The molecule has 0 amide bonds. The van der Waals surface area contributed by atoms with Gasteiger partial charge in [-0.15, -0.1) is 0 Å². The van der Waals surface area contributed by atoms with Crippen LogP contribution in [-0.2, 0) is 6.42 Å². The fourth-order valence-electron chi connectivity index (χ4n) is 2.78. The highest BCUT2D eigenvalue weighted by atomic mass is 35.5. The standard InChI is InChI=1S/C19H20ClNO4/c1-4-12-5-8-15(17(20)18(12)24-13-6-7-13)25-19(23)16-11(3)21-10(2)14(16)9-22/h5,8-9,13,21H,4,6-7H2,1-3H3. The first-order chi connectivity index (χ1) is 12.0. The van der Waals surface area contributed by atoms with Gasteiger partial charge < -0.3 is 14.5 Å². The lowest BCUT2D eigenvalue weighted by Crippen LogP contribution is -2.12. The van der Waals surface area contributed by atoms with Crippen molar-refractivity contribution < 1.29 is 19.1 Å². The number of esters is 1. The summed E-state index contributed by atoms with van der Waals surface area (Å²) in [5.41, 5.74) is 2.72. The molecule has 1 heterocycles. The van der Waals surface area contributed by atoms with E-state index in [1.807, 2.05) is 13.0 Å². The summed E-state index contributed by atoms with van der Waals surface area (Å²) >= 11 is 6.44. The van der Waals surface area contributed by atoms with Crippen LogP contribution in [0.1, 0.15) is 57.4 Å². The molecule has 0 bridgehead atoms. The minimum atomic E-state index is -0.618. The van der Waals surface area contributed by atoms with Crippen molar-refractivity contribution in [2.24, 2.45) is 0 Å². The van der Waals surface area contributed by atoms with E-state index >= 15 is 0 Å². The summed E-state index contributed by atoms with van der Waals surface area (Å²) in [5, 5.41) is 0.289. The molecule has 6 heteroatoms. The van der Waals surface area contributed by atoms with Gasteiger partial charge in [0.1, 0.15) is 10.8 Å². The number of halogens is 1. The molecule has 1 aliphatic rings. The third kappa shape index (κ3) is 3.42. The molecule has 0 unspecified atom stereocenters. The van der Waals surface area contributed by atoms with Crippen LogP contribution in [0.15, 0.2) is 12.1 Å². The zero-order valence-electron chi connectivity index (χ0n) is 14.4. The number of H-pyrrole nitrogens is 1. The maximum atomic E-state index is 12.6. The van der Waals surface area contributed by atoms with E-state index in [9.17, 15) is 9.59 Å². The van der Waals surface area contributed by atoms with Gasteiger partial charge in [0.15, 0.2) is 12.0 Å². The third-order valence-electron chi connectivity index (χ3n) is 4.28. The van der Waals surface area contributed by atoms with Crippen LogP contribution in [0.25, 0.3) is 0 Å². The van der Waals surface area contributed by atoms with E-state index in [1.165, 1.54) is 0 Å². The fraction of sp³-hybridized carbons (Fsp3) is 0.368. The van der Waals surface area contributed by atoms with Crippen molar-refractivity contribution in [3.63, 3.8) is 0 Å². The van der Waals surface area contributed by atoms with Gasteiger partial charge in [0, 0.05) is 17.0 Å². The van der Waals surface area contributed by atoms with E-state index in [1.54, 1.807) is 19.9 Å². The Morgan fingerprint density at radius 1 is 1.32 bits per heavy atom. The smallest absolute Gasteiger partial charge is 0.346 e. The van der Waals surface area contributed by atoms with Crippen molar-refractivity contribution >= 4 is 23.9 Å². The molecule has 1 aliphatic carbocycles. The van der Waals surface area contributed by atoms with Gasteiger partial charge in [0.25, 0.3) is 0 Å². The normalized spacial score (nSPS) is 13.6. The average molecular weight is 362 g/mol. The van der Waals surface area contributed by atoms with Gasteiger partial charge in [0.05, 0.1) is 11.7 Å². The number of nitrogens with one attached hydrogen (secondary N) is 1. The Labute approximate surface area is 151 Å². The van der Waals surface area contributed by atoms with Crippen LogP contribution in [0.4, 0.5) is 0 Å². The Hall–Kier alpha value is -2.27. The van der Waals surface area contributed by atoms with Gasteiger partial charge in [-0.2, -0.15) is 0 Å². The van der Waals surface area contributed by atoms with Crippen molar-refractivity contribution in [3.05, 3.63) is 45.2 Å². The molecule has 1 aromatic heterocycles. The second-order valence-electron chi connectivity index (χ2n) is 6.21. The minimum absolute atomic E-state index is 0.185. The molecule has 132 valence electrons. The number of aldehydes is 1. The lowest BCUT2D eigenvalue weighted by molar-refractivity contribution is 0.0731. The molecule has 1 aromatic carbocycles. The molecule has 2 aromatic rings. The monoisotopic (exact) mass is 361 g/mol. The number of hydrogen-bond acceptors (Lipinski definition) is 4. The third-order valence-corrected chi connectivity index (χ3v) is 4.64. The second kappa shape index (κ2) is 6.92. The van der Waals surface area contributed by atoms with Crippen molar-refractivity contribution in [1.29, 1.82) is 0 Å². The summed E-state index contributed by atoms with van der Waals surface area (Å²) in [5.74, 6) is 0.191. The number of carbonyl (C=O) groups is 2. The average Bonchev–Trinajstić information content (AvgIpc) is 3.34. The molecule has 0 saturated heterocycles. The molecule has 0 radical (unpaired) electrons. The molecular weight excluding hydrogens is 342 g/mol. The first-order valence-corrected chi connectivity index (χ1v) is 8.68. The number of aromatic amines is 1. The van der Waals surface area contributed by atoms with Gasteiger partial charge >= 0.3 is 5.97 Å². The summed E-state index contributed by atoms with van der Waals surface area (Å²) in [6.45, 7) is 5.47. The Balaban J connectivity index is 1.92. The molecular formula is C19H20ClNO4. The highest BCUT2D eigenvalue weighted by Gasteiger charge is 2.28. The fourth-order valence-corrected chi connectivity index (χ4v) is 3.04. The molecule has 25 heavy (non-hydrogen) atoms. The molecule has 0 spiro atoms. The van der Waals surface area contributed by atoms with E-state index in [-0.39, 0.29) is 22.4 Å². The lowest BCUT2D eigenvalue weighted by atomic mass is 10.1. The summed E-state index contributed by atoms with van der Waals surface area (Å²) in [6.07, 6.45) is 3.62. The number of aromatic nitrogens is 1. The van der Waals surface area contributed by atoms with Crippen molar-refractivity contribution in [3.8, 4) is 11.5 Å². The Kier molecular flexibility index (Phi) is 4.86. The zero-order chi connectivity index (χ0) is 18.1. The first kappa shape index (κ1) is 17.5. The van der Waals surface area contributed by atoms with Crippen molar-refractivity contribution in [1.82, 2.24) is 4.98 Å². The molecule has 3 rings (SSSR count). The largest absolute Gasteiger partial charge is 0.488 e. The van der Waals surface area contributed by atoms with Gasteiger partial charge in [-0.3, -0.25) is 4.79 Å². The number of carbonyl (C=O) groups excluding carboxylic acids is 2. The molecule has 0 aliphatic heterocycles. The maximum Gasteiger partial charge on any atom is 0.346 e. The van der Waals surface area contributed by atoms with Crippen LogP contribution in [-0.4, -0.2) is 23.3 Å².